The molecule has 2 saturated heterocycles. The lowest BCUT2D eigenvalue weighted by Crippen LogP contribution is -2.50. The molecule has 0 aromatic heterocycles. The second-order valence-electron chi connectivity index (χ2n) is 8.75. The van der Waals surface area contributed by atoms with E-state index >= 15 is 0 Å². The smallest absolute Gasteiger partial charge is 0.225 e. The van der Waals surface area contributed by atoms with Gasteiger partial charge in [0.1, 0.15) is 11.6 Å². The summed E-state index contributed by atoms with van der Waals surface area (Å²) in [5, 5.41) is 0. The summed E-state index contributed by atoms with van der Waals surface area (Å²) in [4.78, 5) is 29.7. The van der Waals surface area contributed by atoms with Crippen LogP contribution in [0.15, 0.2) is 24.3 Å². The minimum Gasteiger partial charge on any atom is -0.493 e. The van der Waals surface area contributed by atoms with E-state index in [1.807, 2.05) is 9.80 Å². The monoisotopic (exact) mass is 434 g/mol. The number of hydrogen-bond acceptors (Lipinski definition) is 4. The predicted molar refractivity (Wildman–Crippen MR) is 116 cm³/mol. The molecular formula is C24H35FN2O4. The number of piperidine rings is 1. The SMILES string of the molecule is CCC(CC)C(=O)N1CCC(COc2ccc(F)cc2)(CC(=O)N2CCOCC2)CC1. The third-order valence-electron chi connectivity index (χ3n) is 6.72. The van der Waals surface area contributed by atoms with Crippen LogP contribution in [-0.4, -0.2) is 67.6 Å². The van der Waals surface area contributed by atoms with Gasteiger partial charge in [0.05, 0.1) is 19.8 Å². The molecule has 0 saturated carbocycles. The number of halogens is 1. The molecule has 0 atom stereocenters. The van der Waals surface area contributed by atoms with Crippen molar-refractivity contribution in [1.82, 2.24) is 9.80 Å². The molecule has 2 amide bonds. The Morgan fingerprint density at radius 3 is 2.23 bits per heavy atom. The van der Waals surface area contributed by atoms with Gasteiger partial charge in [-0.2, -0.15) is 0 Å². The maximum Gasteiger partial charge on any atom is 0.225 e. The highest BCUT2D eigenvalue weighted by molar-refractivity contribution is 5.79. The van der Waals surface area contributed by atoms with Gasteiger partial charge in [-0.15, -0.1) is 0 Å². The molecule has 31 heavy (non-hydrogen) atoms. The summed E-state index contributed by atoms with van der Waals surface area (Å²) in [7, 11) is 0. The molecule has 2 aliphatic rings. The first-order valence-corrected chi connectivity index (χ1v) is 11.5. The van der Waals surface area contributed by atoms with E-state index in [1.54, 1.807) is 12.1 Å². The number of benzene rings is 1. The second kappa shape index (κ2) is 10.9. The number of ether oxygens (including phenoxy) is 2. The fourth-order valence-electron chi connectivity index (χ4n) is 4.48. The van der Waals surface area contributed by atoms with E-state index in [0.29, 0.717) is 58.2 Å². The van der Waals surface area contributed by atoms with E-state index < -0.39 is 0 Å². The Kier molecular flexibility index (Phi) is 8.29. The van der Waals surface area contributed by atoms with Crippen LogP contribution >= 0.6 is 0 Å². The van der Waals surface area contributed by atoms with Crippen LogP contribution in [0.4, 0.5) is 4.39 Å². The van der Waals surface area contributed by atoms with Crippen molar-refractivity contribution in [3.8, 4) is 5.75 Å². The largest absolute Gasteiger partial charge is 0.493 e. The van der Waals surface area contributed by atoms with Gasteiger partial charge in [0, 0.05) is 43.9 Å². The van der Waals surface area contributed by atoms with Gasteiger partial charge in [0.2, 0.25) is 11.8 Å². The van der Waals surface area contributed by atoms with E-state index in [0.717, 1.165) is 25.7 Å². The van der Waals surface area contributed by atoms with Crippen LogP contribution in [0.2, 0.25) is 0 Å². The normalized spacial score (nSPS) is 18.8. The topological polar surface area (TPSA) is 59.1 Å². The molecule has 2 fully saturated rings. The summed E-state index contributed by atoms with van der Waals surface area (Å²) in [6, 6.07) is 5.97. The molecule has 0 radical (unpaired) electrons. The molecule has 2 aliphatic heterocycles. The lowest BCUT2D eigenvalue weighted by Gasteiger charge is -2.43. The second-order valence-corrected chi connectivity index (χ2v) is 8.75. The number of morpholine rings is 1. The highest BCUT2D eigenvalue weighted by Gasteiger charge is 2.40. The van der Waals surface area contributed by atoms with E-state index in [-0.39, 0.29) is 29.0 Å². The zero-order valence-corrected chi connectivity index (χ0v) is 18.8. The Morgan fingerprint density at radius 1 is 1.03 bits per heavy atom. The van der Waals surface area contributed by atoms with Crippen molar-refractivity contribution in [2.45, 2.75) is 46.0 Å². The van der Waals surface area contributed by atoms with Gasteiger partial charge < -0.3 is 19.3 Å². The Labute approximate surface area is 184 Å². The Morgan fingerprint density at radius 2 is 1.65 bits per heavy atom. The van der Waals surface area contributed by atoms with Crippen LogP contribution < -0.4 is 4.74 Å². The van der Waals surface area contributed by atoms with E-state index in [2.05, 4.69) is 13.8 Å². The van der Waals surface area contributed by atoms with Crippen LogP contribution in [0.1, 0.15) is 46.0 Å². The number of hydrogen-bond donors (Lipinski definition) is 0. The molecule has 0 unspecified atom stereocenters. The van der Waals surface area contributed by atoms with Crippen LogP contribution in [0.3, 0.4) is 0 Å². The molecule has 1 aromatic carbocycles. The lowest BCUT2D eigenvalue weighted by molar-refractivity contribution is -0.142. The summed E-state index contributed by atoms with van der Waals surface area (Å²) >= 11 is 0. The standard InChI is InChI=1S/C24H35FN2O4/c1-3-19(4-2)23(29)27-11-9-24(10-12-27,17-22(28)26-13-15-30-16-14-26)18-31-21-7-5-20(25)6-8-21/h5-8,19H,3-4,9-18H2,1-2H3. The van der Waals surface area contributed by atoms with Crippen molar-refractivity contribution in [2.24, 2.45) is 11.3 Å². The molecule has 0 bridgehead atoms. The van der Waals surface area contributed by atoms with Gasteiger partial charge in [-0.25, -0.2) is 4.39 Å². The summed E-state index contributed by atoms with van der Waals surface area (Å²) in [5.74, 6) is 0.689. The Hall–Kier alpha value is -2.15. The summed E-state index contributed by atoms with van der Waals surface area (Å²) in [5.41, 5.74) is -0.339. The van der Waals surface area contributed by atoms with Crippen LogP contribution in [0.25, 0.3) is 0 Å². The van der Waals surface area contributed by atoms with Crippen molar-refractivity contribution in [1.29, 1.82) is 0 Å². The lowest BCUT2D eigenvalue weighted by atomic mass is 9.75. The number of nitrogens with zero attached hydrogens (tertiary/aromatic N) is 2. The zero-order valence-electron chi connectivity index (χ0n) is 18.8. The minimum atomic E-state index is -0.339. The third kappa shape index (κ3) is 6.19. The van der Waals surface area contributed by atoms with Gasteiger partial charge >= 0.3 is 0 Å². The average molecular weight is 435 g/mol. The number of amides is 2. The maximum atomic E-state index is 13.2. The Bertz CT molecular complexity index is 722. The first kappa shape index (κ1) is 23.5. The molecule has 0 aliphatic carbocycles. The van der Waals surface area contributed by atoms with Crippen LogP contribution in [0.5, 0.6) is 5.75 Å². The number of likely N-dealkylation sites (tertiary alicyclic amines) is 1. The van der Waals surface area contributed by atoms with Gasteiger partial charge in [-0.1, -0.05) is 13.8 Å². The summed E-state index contributed by atoms with van der Waals surface area (Å²) in [6.45, 7) is 8.14. The molecular weight excluding hydrogens is 399 g/mol. The van der Waals surface area contributed by atoms with Gasteiger partial charge in [-0.05, 0) is 49.9 Å². The molecule has 6 nitrogen and oxygen atoms in total. The summed E-state index contributed by atoms with van der Waals surface area (Å²) in [6.07, 6.45) is 3.52. The molecule has 1 aromatic rings. The third-order valence-corrected chi connectivity index (χ3v) is 6.72. The first-order valence-electron chi connectivity index (χ1n) is 11.5. The molecule has 7 heteroatoms. The zero-order chi connectivity index (χ0) is 22.3. The fourth-order valence-corrected chi connectivity index (χ4v) is 4.48. The molecule has 172 valence electrons. The highest BCUT2D eigenvalue weighted by Crippen LogP contribution is 2.37. The van der Waals surface area contributed by atoms with Gasteiger partial charge in [0.25, 0.3) is 0 Å². The summed E-state index contributed by atoms with van der Waals surface area (Å²) < 4.78 is 24.6. The fraction of sp³-hybridized carbons (Fsp3) is 0.667. The van der Waals surface area contributed by atoms with Crippen LogP contribution in [-0.2, 0) is 14.3 Å². The van der Waals surface area contributed by atoms with E-state index in [4.69, 9.17) is 9.47 Å². The Balaban J connectivity index is 1.68. The molecule has 0 N–H and O–H groups in total. The first-order chi connectivity index (χ1) is 15.0. The molecule has 3 rings (SSSR count). The maximum absolute atomic E-state index is 13.2. The number of carbonyl (C=O) groups excluding carboxylic acids is 2. The van der Waals surface area contributed by atoms with Gasteiger partial charge in [0.15, 0.2) is 0 Å². The van der Waals surface area contributed by atoms with E-state index in [1.165, 1.54) is 12.1 Å². The molecule has 0 spiro atoms. The number of rotatable bonds is 8. The molecule has 2 heterocycles. The van der Waals surface area contributed by atoms with Crippen molar-refractivity contribution < 1.29 is 23.5 Å². The van der Waals surface area contributed by atoms with Crippen LogP contribution in [0, 0.1) is 17.2 Å². The minimum absolute atomic E-state index is 0.0675. The predicted octanol–water partition coefficient (Wildman–Crippen LogP) is 3.50. The van der Waals surface area contributed by atoms with Crippen molar-refractivity contribution in [2.75, 3.05) is 46.0 Å². The van der Waals surface area contributed by atoms with Crippen molar-refractivity contribution in [3.05, 3.63) is 30.1 Å². The van der Waals surface area contributed by atoms with Crippen molar-refractivity contribution in [3.63, 3.8) is 0 Å². The average Bonchev–Trinajstić information content (AvgIpc) is 2.80. The highest BCUT2D eigenvalue weighted by atomic mass is 19.1. The quantitative estimate of drug-likeness (QED) is 0.628. The van der Waals surface area contributed by atoms with Crippen molar-refractivity contribution >= 4 is 11.8 Å². The van der Waals surface area contributed by atoms with E-state index in [9.17, 15) is 14.0 Å². The van der Waals surface area contributed by atoms with Gasteiger partial charge in [-0.3, -0.25) is 9.59 Å². The number of carbonyl (C=O) groups is 2.